The summed E-state index contributed by atoms with van der Waals surface area (Å²) in [6, 6.07) is 0.210. The third-order valence-electron chi connectivity index (χ3n) is 4.15. The molecular formula is C14H24N4O3S2. The highest BCUT2D eigenvalue weighted by Gasteiger charge is 2.32. The summed E-state index contributed by atoms with van der Waals surface area (Å²) in [4.78, 5) is 11.9. The SMILES string of the molecule is CCC(CC)NC(=O)CSc1nnc([C@@H]2CCS(=O)(=O)C2)n1C. The predicted octanol–water partition coefficient (Wildman–Crippen LogP) is 1.11. The maximum atomic E-state index is 11.9. The van der Waals surface area contributed by atoms with E-state index < -0.39 is 9.84 Å². The zero-order valence-corrected chi connectivity index (χ0v) is 15.4. The minimum absolute atomic E-state index is 0.0169. The summed E-state index contributed by atoms with van der Waals surface area (Å²) in [5.41, 5.74) is 0. The van der Waals surface area contributed by atoms with Crippen LogP contribution in [-0.4, -0.2) is 52.4 Å². The number of amides is 1. The van der Waals surface area contributed by atoms with E-state index in [0.29, 0.717) is 17.4 Å². The molecule has 1 aromatic rings. The van der Waals surface area contributed by atoms with Crippen molar-refractivity contribution in [2.24, 2.45) is 7.05 Å². The lowest BCUT2D eigenvalue weighted by molar-refractivity contribution is -0.119. The van der Waals surface area contributed by atoms with Crippen LogP contribution in [0.4, 0.5) is 0 Å². The number of nitrogens with one attached hydrogen (secondary N) is 1. The van der Waals surface area contributed by atoms with Crippen molar-refractivity contribution in [3.8, 4) is 0 Å². The second-order valence-electron chi connectivity index (χ2n) is 5.87. The Hall–Kier alpha value is -1.09. The Morgan fingerprint density at radius 1 is 1.39 bits per heavy atom. The van der Waals surface area contributed by atoms with Crippen LogP contribution >= 0.6 is 11.8 Å². The first-order valence-corrected chi connectivity index (χ1v) is 10.7. The smallest absolute Gasteiger partial charge is 0.230 e. The van der Waals surface area contributed by atoms with Gasteiger partial charge in [-0.05, 0) is 19.3 Å². The van der Waals surface area contributed by atoms with Crippen LogP contribution in [0.15, 0.2) is 5.16 Å². The molecule has 2 heterocycles. The summed E-state index contributed by atoms with van der Waals surface area (Å²) in [6.45, 7) is 4.10. The molecule has 1 aromatic heterocycles. The fourth-order valence-corrected chi connectivity index (χ4v) is 5.17. The van der Waals surface area contributed by atoms with Gasteiger partial charge in [-0.1, -0.05) is 25.6 Å². The van der Waals surface area contributed by atoms with Gasteiger partial charge in [-0.2, -0.15) is 0 Å². The summed E-state index contributed by atoms with van der Waals surface area (Å²) >= 11 is 1.33. The Balaban J connectivity index is 1.94. The second kappa shape index (κ2) is 7.65. The number of rotatable bonds is 7. The van der Waals surface area contributed by atoms with Crippen molar-refractivity contribution in [1.29, 1.82) is 0 Å². The van der Waals surface area contributed by atoms with Crippen LogP contribution < -0.4 is 5.32 Å². The Morgan fingerprint density at radius 3 is 2.65 bits per heavy atom. The molecule has 7 nitrogen and oxygen atoms in total. The minimum atomic E-state index is -2.95. The van der Waals surface area contributed by atoms with Crippen LogP contribution in [-0.2, 0) is 21.7 Å². The fourth-order valence-electron chi connectivity index (χ4n) is 2.70. The van der Waals surface area contributed by atoms with Crippen LogP contribution in [0.25, 0.3) is 0 Å². The Kier molecular flexibility index (Phi) is 6.07. The Labute approximate surface area is 141 Å². The standard InChI is InChI=1S/C14H24N4O3S2/c1-4-11(5-2)15-12(19)8-22-14-17-16-13(18(14)3)10-6-7-23(20,21)9-10/h10-11H,4-9H2,1-3H3,(H,15,19)/t10-/m1/s1. The van der Waals surface area contributed by atoms with Crippen LogP contribution in [0, 0.1) is 0 Å². The largest absolute Gasteiger partial charge is 0.353 e. The number of nitrogens with zero attached hydrogens (tertiary/aromatic N) is 3. The number of hydrogen-bond donors (Lipinski definition) is 1. The number of carbonyl (C=O) groups excluding carboxylic acids is 1. The van der Waals surface area contributed by atoms with Gasteiger partial charge in [0.05, 0.1) is 17.3 Å². The lowest BCUT2D eigenvalue weighted by Gasteiger charge is -2.14. The summed E-state index contributed by atoms with van der Waals surface area (Å²) in [5.74, 6) is 1.21. The van der Waals surface area contributed by atoms with E-state index in [1.165, 1.54) is 11.8 Å². The lowest BCUT2D eigenvalue weighted by Crippen LogP contribution is -2.35. The number of hydrogen-bond acceptors (Lipinski definition) is 6. The molecule has 1 aliphatic heterocycles. The summed E-state index contributed by atoms with van der Waals surface area (Å²) in [5, 5.41) is 11.9. The van der Waals surface area contributed by atoms with Gasteiger partial charge in [0, 0.05) is 19.0 Å². The molecule has 2 rings (SSSR count). The summed E-state index contributed by atoms with van der Waals surface area (Å²) in [7, 11) is -1.13. The van der Waals surface area contributed by atoms with E-state index in [1.54, 1.807) is 4.57 Å². The van der Waals surface area contributed by atoms with Gasteiger partial charge in [0.2, 0.25) is 5.91 Å². The molecule has 0 radical (unpaired) electrons. The molecule has 23 heavy (non-hydrogen) atoms. The van der Waals surface area contributed by atoms with Gasteiger partial charge < -0.3 is 9.88 Å². The number of sulfone groups is 1. The van der Waals surface area contributed by atoms with Gasteiger partial charge in [-0.3, -0.25) is 4.79 Å². The van der Waals surface area contributed by atoms with Crippen molar-refractivity contribution in [3.05, 3.63) is 5.82 Å². The van der Waals surface area contributed by atoms with Crippen LogP contribution in [0.1, 0.15) is 44.9 Å². The molecule has 9 heteroatoms. The lowest BCUT2D eigenvalue weighted by atomic mass is 10.1. The van der Waals surface area contributed by atoms with Gasteiger partial charge in [0.15, 0.2) is 15.0 Å². The topological polar surface area (TPSA) is 94.0 Å². The highest BCUT2D eigenvalue weighted by atomic mass is 32.2. The summed E-state index contributed by atoms with van der Waals surface area (Å²) in [6.07, 6.45) is 2.42. The van der Waals surface area contributed by atoms with Crippen LogP contribution in [0.5, 0.6) is 0 Å². The molecular weight excluding hydrogens is 336 g/mol. The van der Waals surface area contributed by atoms with E-state index in [2.05, 4.69) is 15.5 Å². The zero-order chi connectivity index (χ0) is 17.0. The van der Waals surface area contributed by atoms with Crippen LogP contribution in [0.3, 0.4) is 0 Å². The molecule has 130 valence electrons. The molecule has 0 spiro atoms. The average molecular weight is 361 g/mol. The van der Waals surface area contributed by atoms with E-state index in [1.807, 2.05) is 20.9 Å². The Bertz CT molecular complexity index is 653. The Morgan fingerprint density at radius 2 is 2.09 bits per heavy atom. The van der Waals surface area contributed by atoms with Crippen molar-refractivity contribution in [3.63, 3.8) is 0 Å². The summed E-state index contributed by atoms with van der Waals surface area (Å²) < 4.78 is 25.0. The van der Waals surface area contributed by atoms with E-state index in [9.17, 15) is 13.2 Å². The van der Waals surface area contributed by atoms with Crippen molar-refractivity contribution in [2.45, 2.75) is 50.2 Å². The maximum Gasteiger partial charge on any atom is 0.230 e. The zero-order valence-electron chi connectivity index (χ0n) is 13.8. The van der Waals surface area contributed by atoms with Crippen molar-refractivity contribution in [1.82, 2.24) is 20.1 Å². The molecule has 1 saturated heterocycles. The minimum Gasteiger partial charge on any atom is -0.353 e. The molecule has 0 aromatic carbocycles. The molecule has 0 aliphatic carbocycles. The molecule has 1 amide bonds. The van der Waals surface area contributed by atoms with Gasteiger partial charge in [0.25, 0.3) is 0 Å². The number of aromatic nitrogens is 3. The first kappa shape index (κ1) is 18.3. The molecule has 0 unspecified atom stereocenters. The van der Waals surface area contributed by atoms with Crippen molar-refractivity contribution in [2.75, 3.05) is 17.3 Å². The van der Waals surface area contributed by atoms with Gasteiger partial charge in [-0.25, -0.2) is 8.42 Å². The molecule has 1 aliphatic rings. The third kappa shape index (κ3) is 4.69. The predicted molar refractivity (Wildman–Crippen MR) is 90.3 cm³/mol. The highest BCUT2D eigenvalue weighted by molar-refractivity contribution is 7.99. The van der Waals surface area contributed by atoms with E-state index >= 15 is 0 Å². The van der Waals surface area contributed by atoms with E-state index in [0.717, 1.165) is 12.8 Å². The maximum absolute atomic E-state index is 11.9. The molecule has 1 atom stereocenters. The van der Waals surface area contributed by atoms with Gasteiger partial charge >= 0.3 is 0 Å². The van der Waals surface area contributed by atoms with Crippen molar-refractivity contribution >= 4 is 27.5 Å². The average Bonchev–Trinajstić information content (AvgIpc) is 3.05. The quantitative estimate of drug-likeness (QED) is 0.732. The van der Waals surface area contributed by atoms with Gasteiger partial charge in [0.1, 0.15) is 5.82 Å². The van der Waals surface area contributed by atoms with E-state index in [-0.39, 0.29) is 35.1 Å². The normalized spacial score (nSPS) is 20.1. The molecule has 1 N–H and O–H groups in total. The highest BCUT2D eigenvalue weighted by Crippen LogP contribution is 2.29. The third-order valence-corrected chi connectivity index (χ3v) is 6.94. The molecule has 0 bridgehead atoms. The van der Waals surface area contributed by atoms with Gasteiger partial charge in [-0.15, -0.1) is 10.2 Å². The molecule has 0 saturated carbocycles. The first-order chi connectivity index (χ1) is 10.9. The fraction of sp³-hybridized carbons (Fsp3) is 0.786. The second-order valence-corrected chi connectivity index (χ2v) is 9.04. The van der Waals surface area contributed by atoms with Crippen molar-refractivity contribution < 1.29 is 13.2 Å². The van der Waals surface area contributed by atoms with E-state index in [4.69, 9.17) is 0 Å². The monoisotopic (exact) mass is 360 g/mol. The van der Waals surface area contributed by atoms with Crippen LogP contribution in [0.2, 0.25) is 0 Å². The number of carbonyl (C=O) groups is 1. The number of thioether (sulfide) groups is 1. The molecule has 1 fully saturated rings. The first-order valence-electron chi connectivity index (χ1n) is 7.88.